The summed E-state index contributed by atoms with van der Waals surface area (Å²) in [6, 6.07) is 8.30. The van der Waals surface area contributed by atoms with Gasteiger partial charge >= 0.3 is 0 Å². The number of aryl methyl sites for hydroxylation is 1. The lowest BCUT2D eigenvalue weighted by Gasteiger charge is -2.10. The van der Waals surface area contributed by atoms with Gasteiger partial charge in [-0.05, 0) is 43.0 Å². The first-order valence-corrected chi connectivity index (χ1v) is 6.00. The van der Waals surface area contributed by atoms with Crippen LogP contribution in [0.2, 0.25) is 5.15 Å². The lowest BCUT2D eigenvalue weighted by molar-refractivity contribution is 0.650. The summed E-state index contributed by atoms with van der Waals surface area (Å²) < 4.78 is 0. The zero-order valence-electron chi connectivity index (χ0n) is 9.92. The predicted octanol–water partition coefficient (Wildman–Crippen LogP) is 4.40. The largest absolute Gasteiger partial charge is 0.236 e. The highest BCUT2D eigenvalue weighted by atomic mass is 35.5. The van der Waals surface area contributed by atoms with Crippen LogP contribution in [0.15, 0.2) is 24.3 Å². The molecule has 0 bridgehead atoms. The van der Waals surface area contributed by atoms with Crippen molar-refractivity contribution in [2.75, 3.05) is 0 Å². The normalized spacial score (nSPS) is 11.3. The van der Waals surface area contributed by atoms with E-state index >= 15 is 0 Å². The molecule has 0 aliphatic heterocycles. The van der Waals surface area contributed by atoms with Crippen LogP contribution in [0, 0.1) is 12.8 Å². The first-order chi connectivity index (χ1) is 7.56. The van der Waals surface area contributed by atoms with E-state index in [9.17, 15) is 0 Å². The zero-order chi connectivity index (χ0) is 11.7. The Balaban J connectivity index is 2.64. The van der Waals surface area contributed by atoms with Gasteiger partial charge in [-0.2, -0.15) is 0 Å². The standard InChI is InChI=1S/C14H16ClN/c1-9(2)6-11-8-14(15)16-13-5-4-10(3)7-12(11)13/h4-5,7-9H,6H2,1-3H3. The molecule has 0 atom stereocenters. The van der Waals surface area contributed by atoms with Crippen LogP contribution in [0.5, 0.6) is 0 Å². The van der Waals surface area contributed by atoms with Gasteiger partial charge in [0.15, 0.2) is 0 Å². The maximum absolute atomic E-state index is 6.04. The van der Waals surface area contributed by atoms with Gasteiger partial charge in [-0.15, -0.1) is 0 Å². The first-order valence-electron chi connectivity index (χ1n) is 5.62. The highest BCUT2D eigenvalue weighted by Crippen LogP contribution is 2.24. The topological polar surface area (TPSA) is 12.9 Å². The summed E-state index contributed by atoms with van der Waals surface area (Å²) in [7, 11) is 0. The molecule has 1 heterocycles. The highest BCUT2D eigenvalue weighted by molar-refractivity contribution is 6.29. The van der Waals surface area contributed by atoms with Crippen LogP contribution in [0.25, 0.3) is 10.9 Å². The molecule has 0 saturated carbocycles. The number of nitrogens with zero attached hydrogens (tertiary/aromatic N) is 1. The fourth-order valence-corrected chi connectivity index (χ4v) is 2.20. The van der Waals surface area contributed by atoms with E-state index in [-0.39, 0.29) is 0 Å². The lowest BCUT2D eigenvalue weighted by atomic mass is 9.98. The Bertz CT molecular complexity index is 517. The molecule has 0 aliphatic rings. The van der Waals surface area contributed by atoms with Crippen molar-refractivity contribution in [3.63, 3.8) is 0 Å². The summed E-state index contributed by atoms with van der Waals surface area (Å²) in [5.74, 6) is 0.627. The molecule has 2 aromatic rings. The van der Waals surface area contributed by atoms with Crippen LogP contribution >= 0.6 is 11.6 Å². The maximum Gasteiger partial charge on any atom is 0.130 e. The molecule has 0 aliphatic carbocycles. The number of rotatable bonds is 2. The Morgan fingerprint density at radius 3 is 2.69 bits per heavy atom. The molecule has 84 valence electrons. The summed E-state index contributed by atoms with van der Waals surface area (Å²) in [6.45, 7) is 6.54. The molecule has 0 saturated heterocycles. The van der Waals surface area contributed by atoms with Crippen molar-refractivity contribution < 1.29 is 0 Å². The molecule has 0 unspecified atom stereocenters. The van der Waals surface area contributed by atoms with E-state index in [1.165, 1.54) is 16.5 Å². The molecule has 0 radical (unpaired) electrons. The van der Waals surface area contributed by atoms with E-state index in [2.05, 4.69) is 37.9 Å². The zero-order valence-corrected chi connectivity index (χ0v) is 10.7. The van der Waals surface area contributed by atoms with Crippen molar-refractivity contribution in [3.8, 4) is 0 Å². The number of aromatic nitrogens is 1. The molecule has 0 N–H and O–H groups in total. The van der Waals surface area contributed by atoms with E-state index in [1.54, 1.807) is 0 Å². The Hall–Kier alpha value is -1.08. The SMILES string of the molecule is Cc1ccc2nc(Cl)cc(CC(C)C)c2c1. The third-order valence-corrected chi connectivity index (χ3v) is 2.84. The molecule has 0 amide bonds. The molecule has 2 heteroatoms. The summed E-state index contributed by atoms with van der Waals surface area (Å²) >= 11 is 6.04. The van der Waals surface area contributed by atoms with E-state index in [1.807, 2.05) is 12.1 Å². The summed E-state index contributed by atoms with van der Waals surface area (Å²) in [6.07, 6.45) is 1.04. The minimum absolute atomic E-state index is 0.590. The lowest BCUT2D eigenvalue weighted by Crippen LogP contribution is -1.97. The number of hydrogen-bond acceptors (Lipinski definition) is 1. The average Bonchev–Trinajstić information content (AvgIpc) is 2.18. The Labute approximate surface area is 101 Å². The van der Waals surface area contributed by atoms with Gasteiger partial charge in [0.1, 0.15) is 5.15 Å². The molecule has 1 nitrogen and oxygen atoms in total. The van der Waals surface area contributed by atoms with E-state index < -0.39 is 0 Å². The van der Waals surface area contributed by atoms with Crippen LogP contribution in [0.1, 0.15) is 25.0 Å². The Morgan fingerprint density at radius 2 is 2.00 bits per heavy atom. The highest BCUT2D eigenvalue weighted by Gasteiger charge is 2.06. The number of benzene rings is 1. The molecule has 1 aromatic heterocycles. The monoisotopic (exact) mass is 233 g/mol. The number of pyridine rings is 1. The van der Waals surface area contributed by atoms with Crippen molar-refractivity contribution in [3.05, 3.63) is 40.5 Å². The van der Waals surface area contributed by atoms with Crippen molar-refractivity contribution in [2.45, 2.75) is 27.2 Å². The Kier molecular flexibility index (Phi) is 3.15. The van der Waals surface area contributed by atoms with E-state index in [4.69, 9.17) is 11.6 Å². The summed E-state index contributed by atoms with van der Waals surface area (Å²) in [5, 5.41) is 1.82. The van der Waals surface area contributed by atoms with Gasteiger partial charge in [-0.3, -0.25) is 0 Å². The maximum atomic E-state index is 6.04. The minimum Gasteiger partial charge on any atom is -0.236 e. The Morgan fingerprint density at radius 1 is 1.25 bits per heavy atom. The van der Waals surface area contributed by atoms with Gasteiger partial charge in [0, 0.05) is 5.39 Å². The summed E-state index contributed by atoms with van der Waals surface area (Å²) in [5.41, 5.74) is 3.56. The number of fused-ring (bicyclic) bond motifs is 1. The van der Waals surface area contributed by atoms with Crippen LogP contribution in [-0.2, 0) is 6.42 Å². The first kappa shape index (κ1) is 11.4. The molecule has 1 aromatic carbocycles. The predicted molar refractivity (Wildman–Crippen MR) is 70.0 cm³/mol. The van der Waals surface area contributed by atoms with E-state index in [0.717, 1.165) is 11.9 Å². The second-order valence-electron chi connectivity index (χ2n) is 4.72. The van der Waals surface area contributed by atoms with E-state index in [0.29, 0.717) is 11.1 Å². The van der Waals surface area contributed by atoms with Gasteiger partial charge in [-0.1, -0.05) is 37.1 Å². The van der Waals surface area contributed by atoms with Crippen molar-refractivity contribution in [2.24, 2.45) is 5.92 Å². The smallest absolute Gasteiger partial charge is 0.130 e. The van der Waals surface area contributed by atoms with Crippen LogP contribution in [-0.4, -0.2) is 4.98 Å². The van der Waals surface area contributed by atoms with Crippen LogP contribution in [0.3, 0.4) is 0 Å². The third kappa shape index (κ3) is 2.35. The third-order valence-electron chi connectivity index (χ3n) is 2.65. The van der Waals surface area contributed by atoms with Crippen molar-refractivity contribution >= 4 is 22.5 Å². The molecular weight excluding hydrogens is 218 g/mol. The average molecular weight is 234 g/mol. The molecule has 16 heavy (non-hydrogen) atoms. The second kappa shape index (κ2) is 4.42. The molecule has 0 fully saturated rings. The van der Waals surface area contributed by atoms with Gasteiger partial charge in [-0.25, -0.2) is 4.98 Å². The molecule has 0 spiro atoms. The van der Waals surface area contributed by atoms with Crippen molar-refractivity contribution in [1.29, 1.82) is 0 Å². The summed E-state index contributed by atoms with van der Waals surface area (Å²) in [4.78, 5) is 4.35. The van der Waals surface area contributed by atoms with Gasteiger partial charge in [0.05, 0.1) is 5.52 Å². The molecular formula is C14H16ClN. The van der Waals surface area contributed by atoms with Crippen LogP contribution in [0.4, 0.5) is 0 Å². The number of hydrogen-bond donors (Lipinski definition) is 0. The fourth-order valence-electron chi connectivity index (χ4n) is 1.98. The van der Waals surface area contributed by atoms with Gasteiger partial charge in [0.25, 0.3) is 0 Å². The van der Waals surface area contributed by atoms with Gasteiger partial charge < -0.3 is 0 Å². The second-order valence-corrected chi connectivity index (χ2v) is 5.11. The molecule has 2 rings (SSSR count). The van der Waals surface area contributed by atoms with Gasteiger partial charge in [0.2, 0.25) is 0 Å². The fraction of sp³-hybridized carbons (Fsp3) is 0.357. The van der Waals surface area contributed by atoms with Crippen LogP contribution < -0.4 is 0 Å². The van der Waals surface area contributed by atoms with Crippen molar-refractivity contribution in [1.82, 2.24) is 4.98 Å². The minimum atomic E-state index is 0.590. The quantitative estimate of drug-likeness (QED) is 0.701. The number of halogens is 1.